The first kappa shape index (κ1) is 13.3. The molecule has 2 unspecified atom stereocenters. The highest BCUT2D eigenvalue weighted by atomic mass is 15.3. The minimum Gasteiger partial charge on any atom is -0.329 e. The molecule has 2 rings (SSSR count). The van der Waals surface area contributed by atoms with Gasteiger partial charge in [0.05, 0.1) is 0 Å². The maximum absolute atomic E-state index is 6.04. The van der Waals surface area contributed by atoms with Crippen LogP contribution in [0.4, 0.5) is 0 Å². The molecule has 0 amide bonds. The predicted octanol–water partition coefficient (Wildman–Crippen LogP) is 1.53. The van der Waals surface area contributed by atoms with E-state index >= 15 is 0 Å². The van der Waals surface area contributed by atoms with Crippen molar-refractivity contribution in [2.75, 3.05) is 32.7 Å². The second-order valence-corrected chi connectivity index (χ2v) is 5.82. The molecule has 0 spiro atoms. The van der Waals surface area contributed by atoms with Crippen LogP contribution in [0, 0.1) is 5.92 Å². The third-order valence-electron chi connectivity index (χ3n) is 4.86. The first-order valence-electron chi connectivity index (χ1n) is 7.44. The zero-order valence-corrected chi connectivity index (χ0v) is 11.6. The highest BCUT2D eigenvalue weighted by Crippen LogP contribution is 2.30. The summed E-state index contributed by atoms with van der Waals surface area (Å²) in [6.45, 7) is 10.3. The molecule has 2 N–H and O–H groups in total. The van der Waals surface area contributed by atoms with E-state index in [-0.39, 0.29) is 0 Å². The van der Waals surface area contributed by atoms with Crippen molar-refractivity contribution in [3.8, 4) is 0 Å². The standard InChI is InChI=1S/C14H29N3/c1-3-16-8-9-17(11-12(16)2)14(10-15)13-6-4-5-7-13/h12-14H,3-11,15H2,1-2H3. The molecule has 0 aromatic heterocycles. The summed E-state index contributed by atoms with van der Waals surface area (Å²) in [7, 11) is 0. The Kier molecular flexibility index (Phi) is 4.83. The summed E-state index contributed by atoms with van der Waals surface area (Å²) in [4.78, 5) is 5.26. The highest BCUT2D eigenvalue weighted by Gasteiger charge is 2.32. The zero-order valence-electron chi connectivity index (χ0n) is 11.6. The van der Waals surface area contributed by atoms with Crippen molar-refractivity contribution in [3.05, 3.63) is 0 Å². The molecule has 1 heterocycles. The SMILES string of the molecule is CCN1CCN(C(CN)C2CCCC2)CC1C. The Morgan fingerprint density at radius 2 is 1.94 bits per heavy atom. The zero-order chi connectivity index (χ0) is 12.3. The van der Waals surface area contributed by atoms with Crippen LogP contribution in [0.3, 0.4) is 0 Å². The van der Waals surface area contributed by atoms with E-state index in [1.54, 1.807) is 0 Å². The Labute approximate surface area is 106 Å². The van der Waals surface area contributed by atoms with Gasteiger partial charge in [0.15, 0.2) is 0 Å². The number of piperazine rings is 1. The van der Waals surface area contributed by atoms with Crippen LogP contribution in [0.25, 0.3) is 0 Å². The molecule has 3 heteroatoms. The minimum absolute atomic E-state index is 0.652. The number of likely N-dealkylation sites (N-methyl/N-ethyl adjacent to an activating group) is 1. The van der Waals surface area contributed by atoms with E-state index in [1.165, 1.54) is 51.9 Å². The van der Waals surface area contributed by atoms with Crippen molar-refractivity contribution in [2.45, 2.75) is 51.6 Å². The molecule has 0 aromatic carbocycles. The minimum atomic E-state index is 0.652. The van der Waals surface area contributed by atoms with Crippen LogP contribution in [0.5, 0.6) is 0 Å². The van der Waals surface area contributed by atoms with Gasteiger partial charge >= 0.3 is 0 Å². The van der Waals surface area contributed by atoms with Gasteiger partial charge in [0.2, 0.25) is 0 Å². The van der Waals surface area contributed by atoms with Crippen LogP contribution in [0.1, 0.15) is 39.5 Å². The van der Waals surface area contributed by atoms with Crippen LogP contribution in [-0.2, 0) is 0 Å². The van der Waals surface area contributed by atoms with Gasteiger partial charge in [-0.15, -0.1) is 0 Å². The van der Waals surface area contributed by atoms with Crippen molar-refractivity contribution < 1.29 is 0 Å². The number of nitrogens with two attached hydrogens (primary N) is 1. The van der Waals surface area contributed by atoms with E-state index in [2.05, 4.69) is 23.6 Å². The summed E-state index contributed by atoms with van der Waals surface area (Å²) in [5, 5.41) is 0. The molecule has 3 nitrogen and oxygen atoms in total. The molecule has 2 aliphatic rings. The Morgan fingerprint density at radius 3 is 2.47 bits per heavy atom. The van der Waals surface area contributed by atoms with Crippen molar-refractivity contribution >= 4 is 0 Å². The van der Waals surface area contributed by atoms with Crippen LogP contribution < -0.4 is 5.73 Å². The molecule has 0 aromatic rings. The van der Waals surface area contributed by atoms with Gasteiger partial charge in [0.25, 0.3) is 0 Å². The molecule has 0 radical (unpaired) electrons. The van der Waals surface area contributed by atoms with Gasteiger partial charge in [-0.1, -0.05) is 19.8 Å². The highest BCUT2D eigenvalue weighted by molar-refractivity contribution is 4.88. The molecule has 1 saturated carbocycles. The van der Waals surface area contributed by atoms with Crippen molar-refractivity contribution in [3.63, 3.8) is 0 Å². The van der Waals surface area contributed by atoms with E-state index in [0.717, 1.165) is 12.5 Å². The van der Waals surface area contributed by atoms with Crippen LogP contribution in [0.15, 0.2) is 0 Å². The average molecular weight is 239 g/mol. The largest absolute Gasteiger partial charge is 0.329 e. The van der Waals surface area contributed by atoms with Crippen molar-refractivity contribution in [1.29, 1.82) is 0 Å². The molecule has 0 bridgehead atoms. The number of hydrogen-bond acceptors (Lipinski definition) is 3. The fourth-order valence-electron chi connectivity index (χ4n) is 3.78. The van der Waals surface area contributed by atoms with Crippen LogP contribution in [-0.4, -0.2) is 54.6 Å². The summed E-state index contributed by atoms with van der Waals surface area (Å²) in [6, 6.07) is 1.35. The Morgan fingerprint density at radius 1 is 1.24 bits per heavy atom. The Bertz CT molecular complexity index is 226. The Balaban J connectivity index is 1.92. The average Bonchev–Trinajstić information content (AvgIpc) is 2.84. The topological polar surface area (TPSA) is 32.5 Å². The summed E-state index contributed by atoms with van der Waals surface area (Å²) in [6.07, 6.45) is 5.66. The van der Waals surface area contributed by atoms with Gasteiger partial charge in [-0.3, -0.25) is 9.80 Å². The third kappa shape index (κ3) is 3.01. The lowest BCUT2D eigenvalue weighted by molar-refractivity contribution is 0.0421. The van der Waals surface area contributed by atoms with Gasteiger partial charge in [-0.05, 0) is 32.2 Å². The summed E-state index contributed by atoms with van der Waals surface area (Å²) < 4.78 is 0. The fourth-order valence-corrected chi connectivity index (χ4v) is 3.78. The van der Waals surface area contributed by atoms with E-state index in [9.17, 15) is 0 Å². The molecule has 1 saturated heterocycles. The molecule has 2 atom stereocenters. The fraction of sp³-hybridized carbons (Fsp3) is 1.00. The van der Waals surface area contributed by atoms with Gasteiger partial charge in [-0.2, -0.15) is 0 Å². The molecule has 1 aliphatic heterocycles. The maximum atomic E-state index is 6.04. The smallest absolute Gasteiger partial charge is 0.0247 e. The molecule has 17 heavy (non-hydrogen) atoms. The predicted molar refractivity (Wildman–Crippen MR) is 73.1 cm³/mol. The number of hydrogen-bond donors (Lipinski definition) is 1. The molecule has 100 valence electrons. The lowest BCUT2D eigenvalue weighted by Gasteiger charge is -2.44. The first-order valence-corrected chi connectivity index (χ1v) is 7.44. The molecular formula is C14H29N3. The van der Waals surface area contributed by atoms with Gasteiger partial charge in [0, 0.05) is 38.3 Å². The van der Waals surface area contributed by atoms with Gasteiger partial charge in [0.1, 0.15) is 0 Å². The van der Waals surface area contributed by atoms with E-state index < -0.39 is 0 Å². The number of nitrogens with zero attached hydrogens (tertiary/aromatic N) is 2. The quantitative estimate of drug-likeness (QED) is 0.807. The molecule has 2 fully saturated rings. The molecular weight excluding hydrogens is 210 g/mol. The third-order valence-corrected chi connectivity index (χ3v) is 4.86. The Hall–Kier alpha value is -0.120. The monoisotopic (exact) mass is 239 g/mol. The van der Waals surface area contributed by atoms with E-state index in [1.807, 2.05) is 0 Å². The molecule has 1 aliphatic carbocycles. The second kappa shape index (κ2) is 6.17. The summed E-state index contributed by atoms with van der Waals surface area (Å²) in [5.74, 6) is 0.875. The first-order chi connectivity index (χ1) is 8.26. The normalized spacial score (nSPS) is 30.9. The van der Waals surface area contributed by atoms with E-state index in [0.29, 0.717) is 12.1 Å². The summed E-state index contributed by atoms with van der Waals surface area (Å²) in [5.41, 5.74) is 6.04. The van der Waals surface area contributed by atoms with Gasteiger partial charge in [-0.25, -0.2) is 0 Å². The van der Waals surface area contributed by atoms with Crippen molar-refractivity contribution in [1.82, 2.24) is 9.80 Å². The van der Waals surface area contributed by atoms with Gasteiger partial charge < -0.3 is 5.73 Å². The van der Waals surface area contributed by atoms with E-state index in [4.69, 9.17) is 5.73 Å². The second-order valence-electron chi connectivity index (χ2n) is 5.82. The lowest BCUT2D eigenvalue weighted by Crippen LogP contribution is -2.57. The number of rotatable bonds is 4. The maximum Gasteiger partial charge on any atom is 0.0247 e. The lowest BCUT2D eigenvalue weighted by atomic mass is 9.95. The van der Waals surface area contributed by atoms with Crippen LogP contribution >= 0.6 is 0 Å². The summed E-state index contributed by atoms with van der Waals surface area (Å²) >= 11 is 0. The van der Waals surface area contributed by atoms with Crippen molar-refractivity contribution in [2.24, 2.45) is 11.7 Å². The van der Waals surface area contributed by atoms with Crippen LogP contribution in [0.2, 0.25) is 0 Å².